The summed E-state index contributed by atoms with van der Waals surface area (Å²) >= 11 is 12.2. The van der Waals surface area contributed by atoms with Crippen molar-refractivity contribution in [3.8, 4) is 5.75 Å². The van der Waals surface area contributed by atoms with Gasteiger partial charge in [0.05, 0.1) is 12.1 Å². The number of para-hydroxylation sites is 1. The molecule has 0 amide bonds. The highest BCUT2D eigenvalue weighted by atomic mass is 35.5. The zero-order chi connectivity index (χ0) is 19.3. The number of esters is 1. The minimum atomic E-state index is -0.517. The van der Waals surface area contributed by atoms with Crippen molar-refractivity contribution in [1.82, 2.24) is 0 Å². The molecule has 7 heteroatoms. The largest absolute Gasteiger partial charge is 0.480 e. The molecule has 1 unspecified atom stereocenters. The van der Waals surface area contributed by atoms with Gasteiger partial charge in [-0.25, -0.2) is 4.79 Å². The average molecular weight is 396 g/mol. The second-order valence-corrected chi connectivity index (χ2v) is 6.54. The molecule has 1 atom stereocenters. The molecule has 0 saturated heterocycles. The number of hydrogen-bond donors (Lipinski definition) is 1. The number of anilines is 1. The third-order valence-electron chi connectivity index (χ3n) is 3.85. The van der Waals surface area contributed by atoms with Gasteiger partial charge in [0, 0.05) is 17.2 Å². The van der Waals surface area contributed by atoms with Crippen LogP contribution in [0.15, 0.2) is 36.4 Å². The van der Waals surface area contributed by atoms with Gasteiger partial charge in [-0.15, -0.1) is 0 Å². The molecular weight excluding hydrogens is 377 g/mol. The van der Waals surface area contributed by atoms with Crippen molar-refractivity contribution in [3.63, 3.8) is 0 Å². The number of hydrogen-bond acceptors (Lipinski definition) is 5. The van der Waals surface area contributed by atoms with E-state index in [2.05, 4.69) is 4.74 Å². The lowest BCUT2D eigenvalue weighted by Crippen LogP contribution is -2.13. The lowest BCUT2D eigenvalue weighted by molar-refractivity contribution is -0.142. The Kier molecular flexibility index (Phi) is 6.89. The first kappa shape index (κ1) is 20.1. The van der Waals surface area contributed by atoms with E-state index in [1.807, 2.05) is 37.3 Å². The van der Waals surface area contributed by atoms with Crippen LogP contribution >= 0.6 is 23.2 Å². The first-order chi connectivity index (χ1) is 12.3. The molecule has 0 aliphatic heterocycles. The Morgan fingerprint density at radius 1 is 1.23 bits per heavy atom. The molecule has 0 saturated carbocycles. The van der Waals surface area contributed by atoms with Crippen LogP contribution in [0.2, 0.25) is 10.0 Å². The fourth-order valence-corrected chi connectivity index (χ4v) is 3.01. The first-order valence-electron chi connectivity index (χ1n) is 7.90. The molecule has 0 heterocycles. The molecule has 0 bridgehead atoms. The highest BCUT2D eigenvalue weighted by Gasteiger charge is 2.32. The van der Waals surface area contributed by atoms with Crippen LogP contribution in [-0.2, 0) is 16.0 Å². The lowest BCUT2D eigenvalue weighted by atomic mass is 10.1. The van der Waals surface area contributed by atoms with Gasteiger partial charge in [0.2, 0.25) is 0 Å². The summed E-state index contributed by atoms with van der Waals surface area (Å²) in [5, 5.41) is 0.333. The Morgan fingerprint density at radius 3 is 2.42 bits per heavy atom. The number of halogens is 2. The van der Waals surface area contributed by atoms with E-state index in [0.717, 1.165) is 11.3 Å². The minimum Gasteiger partial charge on any atom is -0.480 e. The number of methoxy groups -OCH3 is 1. The predicted octanol–water partition coefficient (Wildman–Crippen LogP) is 4.19. The van der Waals surface area contributed by atoms with E-state index >= 15 is 0 Å². The Labute approximate surface area is 162 Å². The van der Waals surface area contributed by atoms with E-state index < -0.39 is 5.97 Å². The molecule has 138 valence electrons. The molecule has 1 aliphatic carbocycles. The van der Waals surface area contributed by atoms with Gasteiger partial charge in [0.1, 0.15) is 10.8 Å². The number of benzene rings is 2. The maximum atomic E-state index is 11.9. The van der Waals surface area contributed by atoms with Crippen LogP contribution in [0, 0.1) is 5.92 Å². The number of carbonyl (C=O) groups excluding carboxylic acids is 2. The highest BCUT2D eigenvalue weighted by molar-refractivity contribution is 6.45. The summed E-state index contributed by atoms with van der Waals surface area (Å²) < 4.78 is 9.74. The third-order valence-corrected chi connectivity index (χ3v) is 4.70. The van der Waals surface area contributed by atoms with E-state index in [4.69, 9.17) is 33.7 Å². The van der Waals surface area contributed by atoms with Crippen molar-refractivity contribution in [2.24, 2.45) is 5.92 Å². The topological polar surface area (TPSA) is 78.6 Å². The zero-order valence-corrected chi connectivity index (χ0v) is 15.9. The predicted molar refractivity (Wildman–Crippen MR) is 102 cm³/mol. The van der Waals surface area contributed by atoms with Gasteiger partial charge in [0.15, 0.2) is 12.4 Å². The van der Waals surface area contributed by atoms with Gasteiger partial charge in [-0.3, -0.25) is 4.79 Å². The van der Waals surface area contributed by atoms with Crippen LogP contribution in [0.1, 0.15) is 22.8 Å². The fraction of sp³-hybridized carbons (Fsp3) is 0.263. The molecule has 3 rings (SSSR count). The number of nitrogens with two attached hydrogens (primary N) is 1. The Bertz CT molecular complexity index is 809. The van der Waals surface area contributed by atoms with Crippen LogP contribution in [0.25, 0.3) is 0 Å². The molecular formula is C19H19Cl2NO4. The van der Waals surface area contributed by atoms with Crippen LogP contribution in [-0.4, -0.2) is 25.5 Å². The minimum absolute atomic E-state index is 0.0126. The molecule has 2 N–H and O–H groups in total. The molecule has 0 fully saturated rings. The lowest BCUT2D eigenvalue weighted by Gasteiger charge is -2.11. The van der Waals surface area contributed by atoms with Crippen molar-refractivity contribution in [2.75, 3.05) is 19.5 Å². The van der Waals surface area contributed by atoms with Crippen molar-refractivity contribution < 1.29 is 19.1 Å². The van der Waals surface area contributed by atoms with Crippen LogP contribution in [0.5, 0.6) is 5.75 Å². The van der Waals surface area contributed by atoms with Crippen molar-refractivity contribution in [1.29, 1.82) is 0 Å². The van der Waals surface area contributed by atoms with Crippen molar-refractivity contribution >= 4 is 40.6 Å². The molecule has 26 heavy (non-hydrogen) atoms. The number of carbonyl (C=O) groups is 2. The average Bonchev–Trinajstić information content (AvgIpc) is 2.92. The summed E-state index contributed by atoms with van der Waals surface area (Å²) in [5.74, 6) is -0.351. The molecule has 0 radical (unpaired) electrons. The Balaban J connectivity index is 0.000000290. The maximum absolute atomic E-state index is 11.9. The SMILES string of the molecule is COC(=O)COc1cc2c(c(Cl)c1Cl)C(=O)C(C)C2.Nc1ccccc1. The quantitative estimate of drug-likeness (QED) is 0.622. The molecule has 2 aromatic rings. The third kappa shape index (κ3) is 4.68. The van der Waals surface area contributed by atoms with Gasteiger partial charge < -0.3 is 15.2 Å². The Hall–Kier alpha value is -2.24. The smallest absolute Gasteiger partial charge is 0.343 e. The van der Waals surface area contributed by atoms with Gasteiger partial charge in [-0.05, 0) is 30.2 Å². The molecule has 5 nitrogen and oxygen atoms in total. The number of fused-ring (bicyclic) bond motifs is 1. The number of rotatable bonds is 3. The molecule has 0 spiro atoms. The number of ether oxygens (including phenoxy) is 2. The van der Waals surface area contributed by atoms with Crippen molar-refractivity contribution in [2.45, 2.75) is 13.3 Å². The van der Waals surface area contributed by atoms with E-state index in [0.29, 0.717) is 12.0 Å². The fourth-order valence-electron chi connectivity index (χ4n) is 2.50. The van der Waals surface area contributed by atoms with E-state index in [1.165, 1.54) is 7.11 Å². The maximum Gasteiger partial charge on any atom is 0.343 e. The Morgan fingerprint density at radius 2 is 1.88 bits per heavy atom. The van der Waals surface area contributed by atoms with Crippen LogP contribution < -0.4 is 10.5 Å². The summed E-state index contributed by atoms with van der Waals surface area (Å²) in [6.07, 6.45) is 0.597. The standard InChI is InChI=1S/C13H12Cl2O4.C6H7N/c1-6-3-7-4-8(19-5-9(16)18-2)11(14)12(15)10(7)13(6)17;7-6-4-2-1-3-5-6/h4,6H,3,5H2,1-2H3;1-5H,7H2. The number of nitrogen functional groups attached to an aromatic ring is 1. The van der Waals surface area contributed by atoms with Gasteiger partial charge >= 0.3 is 5.97 Å². The summed E-state index contributed by atoms with van der Waals surface area (Å²) in [5.41, 5.74) is 7.44. The monoisotopic (exact) mass is 395 g/mol. The normalized spacial score (nSPS) is 14.9. The number of ketones is 1. The summed E-state index contributed by atoms with van der Waals surface area (Å²) in [6.45, 7) is 1.58. The first-order valence-corrected chi connectivity index (χ1v) is 8.66. The van der Waals surface area contributed by atoms with Crippen LogP contribution in [0.3, 0.4) is 0 Å². The summed E-state index contributed by atoms with van der Waals surface area (Å²) in [6, 6.07) is 11.1. The summed E-state index contributed by atoms with van der Waals surface area (Å²) in [4.78, 5) is 23.0. The van der Waals surface area contributed by atoms with E-state index in [-0.39, 0.29) is 34.1 Å². The molecule has 2 aromatic carbocycles. The van der Waals surface area contributed by atoms with E-state index in [9.17, 15) is 9.59 Å². The second kappa shape index (κ2) is 8.92. The number of Topliss-reactive ketones (excluding diaryl/α,β-unsaturated/α-hetero) is 1. The van der Waals surface area contributed by atoms with E-state index in [1.54, 1.807) is 6.07 Å². The molecule has 0 aromatic heterocycles. The second-order valence-electron chi connectivity index (χ2n) is 5.78. The van der Waals surface area contributed by atoms with Gasteiger partial charge in [-0.1, -0.05) is 48.3 Å². The van der Waals surface area contributed by atoms with Gasteiger partial charge in [-0.2, -0.15) is 0 Å². The highest BCUT2D eigenvalue weighted by Crippen LogP contribution is 2.42. The zero-order valence-electron chi connectivity index (χ0n) is 14.4. The summed E-state index contributed by atoms with van der Waals surface area (Å²) in [7, 11) is 1.27. The van der Waals surface area contributed by atoms with Gasteiger partial charge in [0.25, 0.3) is 0 Å². The van der Waals surface area contributed by atoms with Crippen molar-refractivity contribution in [3.05, 3.63) is 57.6 Å². The molecule has 1 aliphatic rings. The van der Waals surface area contributed by atoms with Crippen LogP contribution in [0.4, 0.5) is 5.69 Å².